The maximum atomic E-state index is 12.9. The molecule has 1 aromatic carbocycles. The van der Waals surface area contributed by atoms with Crippen LogP contribution in [0.15, 0.2) is 24.3 Å². The van der Waals surface area contributed by atoms with E-state index in [2.05, 4.69) is 25.7 Å². The number of nitrogens with one attached hydrogen (secondary N) is 2. The van der Waals surface area contributed by atoms with Gasteiger partial charge in [0.05, 0.1) is 13.2 Å². The van der Waals surface area contributed by atoms with Crippen molar-refractivity contribution >= 4 is 28.8 Å². The molecule has 1 fully saturated rings. The number of aromatic nitrogens is 2. The number of ether oxygens (including phenoxy) is 2. The molecular weight excluding hydrogens is 413 g/mol. The van der Waals surface area contributed by atoms with Gasteiger partial charge in [-0.1, -0.05) is 11.3 Å². The van der Waals surface area contributed by atoms with Gasteiger partial charge in [-0.25, -0.2) is 4.39 Å². The third kappa shape index (κ3) is 7.41. The molecule has 0 unspecified atom stereocenters. The maximum Gasteiger partial charge on any atom is 0.286 e. The third-order valence-corrected chi connectivity index (χ3v) is 5.19. The van der Waals surface area contributed by atoms with Crippen molar-refractivity contribution in [3.8, 4) is 0 Å². The summed E-state index contributed by atoms with van der Waals surface area (Å²) in [5.41, 5.74) is 0.458. The number of carbonyl (C=O) groups excluding carboxylic acids is 2. The van der Waals surface area contributed by atoms with Gasteiger partial charge in [0.15, 0.2) is 0 Å². The van der Waals surface area contributed by atoms with Crippen LogP contribution in [0.1, 0.15) is 21.2 Å². The molecule has 11 heteroatoms. The lowest BCUT2D eigenvalue weighted by molar-refractivity contribution is -0.126. The van der Waals surface area contributed by atoms with Crippen LogP contribution in [0.5, 0.6) is 0 Å². The fourth-order valence-corrected chi connectivity index (χ4v) is 3.43. The Labute approximate surface area is 177 Å². The van der Waals surface area contributed by atoms with Crippen molar-refractivity contribution in [1.29, 1.82) is 0 Å². The molecule has 0 atom stereocenters. The Bertz CT molecular complexity index is 827. The van der Waals surface area contributed by atoms with E-state index in [1.807, 2.05) is 0 Å². The van der Waals surface area contributed by atoms with Crippen molar-refractivity contribution in [2.24, 2.45) is 0 Å². The largest absolute Gasteiger partial charge is 0.379 e. The van der Waals surface area contributed by atoms with Crippen LogP contribution in [0.25, 0.3) is 0 Å². The highest BCUT2D eigenvalue weighted by Gasteiger charge is 2.14. The first-order valence-electron chi connectivity index (χ1n) is 9.64. The SMILES string of the molecule is O=C(COCc1nnc(C(=O)Nc2ccc(F)cc2)s1)NCCCN1CCOCC1. The molecule has 3 rings (SSSR count). The first kappa shape index (κ1) is 22.2. The van der Waals surface area contributed by atoms with Gasteiger partial charge in [-0.15, -0.1) is 10.2 Å². The summed E-state index contributed by atoms with van der Waals surface area (Å²) in [6.45, 7) is 4.91. The molecule has 2 N–H and O–H groups in total. The fraction of sp³-hybridized carbons (Fsp3) is 0.474. The van der Waals surface area contributed by atoms with Crippen LogP contribution < -0.4 is 10.6 Å². The lowest BCUT2D eigenvalue weighted by Gasteiger charge is -2.26. The van der Waals surface area contributed by atoms with E-state index in [4.69, 9.17) is 9.47 Å². The van der Waals surface area contributed by atoms with Gasteiger partial charge < -0.3 is 20.1 Å². The van der Waals surface area contributed by atoms with E-state index >= 15 is 0 Å². The predicted octanol–water partition coefficient (Wildman–Crippen LogP) is 1.28. The van der Waals surface area contributed by atoms with Crippen molar-refractivity contribution in [3.05, 3.63) is 40.1 Å². The van der Waals surface area contributed by atoms with Gasteiger partial charge in [0.2, 0.25) is 10.9 Å². The number of rotatable bonds is 10. The van der Waals surface area contributed by atoms with Gasteiger partial charge in [-0.05, 0) is 37.2 Å². The van der Waals surface area contributed by atoms with E-state index in [1.165, 1.54) is 24.3 Å². The molecule has 2 heterocycles. The van der Waals surface area contributed by atoms with Crippen molar-refractivity contribution in [3.63, 3.8) is 0 Å². The fourth-order valence-electron chi connectivity index (χ4n) is 2.76. The molecule has 1 aliphatic heterocycles. The molecule has 162 valence electrons. The number of benzene rings is 1. The lowest BCUT2D eigenvalue weighted by Crippen LogP contribution is -2.38. The average molecular weight is 437 g/mol. The first-order valence-corrected chi connectivity index (χ1v) is 10.5. The van der Waals surface area contributed by atoms with E-state index in [9.17, 15) is 14.0 Å². The number of nitrogens with zero attached hydrogens (tertiary/aromatic N) is 3. The molecule has 0 bridgehead atoms. The van der Waals surface area contributed by atoms with Gasteiger partial charge in [-0.3, -0.25) is 14.5 Å². The van der Waals surface area contributed by atoms with E-state index in [0.717, 1.165) is 50.6 Å². The smallest absolute Gasteiger partial charge is 0.286 e. The number of morpholine rings is 1. The summed E-state index contributed by atoms with van der Waals surface area (Å²) in [6, 6.07) is 5.42. The van der Waals surface area contributed by atoms with E-state index in [1.54, 1.807) is 0 Å². The Kier molecular flexibility index (Phi) is 8.63. The second-order valence-electron chi connectivity index (χ2n) is 6.61. The molecule has 1 aliphatic rings. The monoisotopic (exact) mass is 437 g/mol. The molecule has 30 heavy (non-hydrogen) atoms. The Hall–Kier alpha value is -2.47. The van der Waals surface area contributed by atoms with Gasteiger partial charge in [0.25, 0.3) is 5.91 Å². The highest BCUT2D eigenvalue weighted by molar-refractivity contribution is 7.13. The standard InChI is InChI=1S/C19H24FN5O4S/c20-14-2-4-15(5-3-14)22-18(27)19-24-23-17(30-19)13-29-12-16(26)21-6-1-7-25-8-10-28-11-9-25/h2-5H,1,6-13H2,(H,21,26)(H,22,27). The minimum absolute atomic E-state index is 0.0860. The highest BCUT2D eigenvalue weighted by Crippen LogP contribution is 2.14. The lowest BCUT2D eigenvalue weighted by atomic mass is 10.3. The minimum Gasteiger partial charge on any atom is -0.379 e. The molecule has 0 aliphatic carbocycles. The van der Waals surface area contributed by atoms with Crippen molar-refractivity contribution in [2.75, 3.05) is 51.3 Å². The zero-order valence-electron chi connectivity index (χ0n) is 16.4. The van der Waals surface area contributed by atoms with Gasteiger partial charge in [0.1, 0.15) is 24.0 Å². The maximum absolute atomic E-state index is 12.9. The van der Waals surface area contributed by atoms with E-state index < -0.39 is 5.91 Å². The predicted molar refractivity (Wildman–Crippen MR) is 109 cm³/mol. The zero-order valence-corrected chi connectivity index (χ0v) is 17.3. The van der Waals surface area contributed by atoms with Crippen LogP contribution in [0, 0.1) is 5.82 Å². The van der Waals surface area contributed by atoms with Gasteiger partial charge in [-0.2, -0.15) is 0 Å². The number of hydrogen-bond acceptors (Lipinski definition) is 8. The molecule has 0 spiro atoms. The summed E-state index contributed by atoms with van der Waals surface area (Å²) in [4.78, 5) is 26.3. The average Bonchev–Trinajstić information content (AvgIpc) is 3.23. The van der Waals surface area contributed by atoms with E-state index in [0.29, 0.717) is 17.2 Å². The van der Waals surface area contributed by atoms with Crippen LogP contribution in [-0.4, -0.2) is 72.9 Å². The van der Waals surface area contributed by atoms with Crippen molar-refractivity contribution in [2.45, 2.75) is 13.0 Å². The minimum atomic E-state index is -0.441. The van der Waals surface area contributed by atoms with Crippen LogP contribution >= 0.6 is 11.3 Å². The normalized spacial score (nSPS) is 14.4. The molecule has 1 aromatic heterocycles. The second-order valence-corrected chi connectivity index (χ2v) is 7.67. The van der Waals surface area contributed by atoms with Gasteiger partial charge >= 0.3 is 0 Å². The third-order valence-electron chi connectivity index (χ3n) is 4.30. The summed E-state index contributed by atoms with van der Waals surface area (Å²) in [5, 5.41) is 13.8. The Morgan fingerprint density at radius 3 is 2.73 bits per heavy atom. The molecule has 0 saturated carbocycles. The van der Waals surface area contributed by atoms with E-state index in [-0.39, 0.29) is 29.9 Å². The van der Waals surface area contributed by atoms with Gasteiger partial charge in [0, 0.05) is 25.3 Å². The number of amides is 2. The molecule has 1 saturated heterocycles. The molecule has 0 radical (unpaired) electrons. The van der Waals surface area contributed by atoms with Crippen LogP contribution in [-0.2, 0) is 20.9 Å². The molecule has 2 amide bonds. The quantitative estimate of drug-likeness (QED) is 0.540. The summed E-state index contributed by atoms with van der Waals surface area (Å²) in [6.07, 6.45) is 0.870. The Balaban J connectivity index is 1.30. The van der Waals surface area contributed by atoms with Crippen LogP contribution in [0.2, 0.25) is 0 Å². The zero-order chi connectivity index (χ0) is 21.2. The number of halogens is 1. The summed E-state index contributed by atoms with van der Waals surface area (Å²) in [7, 11) is 0. The molecule has 2 aromatic rings. The topological polar surface area (TPSA) is 106 Å². The summed E-state index contributed by atoms with van der Waals surface area (Å²) >= 11 is 1.07. The van der Waals surface area contributed by atoms with Crippen LogP contribution in [0.3, 0.4) is 0 Å². The summed E-state index contributed by atoms with van der Waals surface area (Å²) < 4.78 is 23.6. The van der Waals surface area contributed by atoms with Crippen molar-refractivity contribution < 1.29 is 23.5 Å². The summed E-state index contributed by atoms with van der Waals surface area (Å²) in [5.74, 6) is -1.02. The number of hydrogen-bond donors (Lipinski definition) is 2. The molecular formula is C19H24FN5O4S. The number of anilines is 1. The Morgan fingerprint density at radius 2 is 1.97 bits per heavy atom. The second kappa shape index (κ2) is 11.6. The van der Waals surface area contributed by atoms with Crippen molar-refractivity contribution in [1.82, 2.24) is 20.4 Å². The van der Waals surface area contributed by atoms with Crippen LogP contribution in [0.4, 0.5) is 10.1 Å². The first-order chi connectivity index (χ1) is 14.6. The highest BCUT2D eigenvalue weighted by atomic mass is 32.1. The Morgan fingerprint density at radius 1 is 1.20 bits per heavy atom. The number of carbonyl (C=O) groups is 2. The molecule has 9 nitrogen and oxygen atoms in total.